The van der Waals surface area contributed by atoms with Crippen molar-refractivity contribution in [3.63, 3.8) is 0 Å². The van der Waals surface area contributed by atoms with E-state index in [1.165, 1.54) is 9.80 Å². The molecule has 0 aromatic heterocycles. The van der Waals surface area contributed by atoms with E-state index in [1.807, 2.05) is 37.3 Å². The van der Waals surface area contributed by atoms with Crippen molar-refractivity contribution in [3.05, 3.63) is 94.5 Å². The third-order valence-electron chi connectivity index (χ3n) is 5.92. The number of rotatable bonds is 7. The van der Waals surface area contributed by atoms with E-state index in [4.69, 9.17) is 16.3 Å². The fourth-order valence-corrected chi connectivity index (χ4v) is 4.28. The van der Waals surface area contributed by atoms with Gasteiger partial charge in [-0.3, -0.25) is 14.4 Å². The van der Waals surface area contributed by atoms with Crippen LogP contribution >= 0.6 is 11.6 Å². The van der Waals surface area contributed by atoms with Crippen molar-refractivity contribution in [3.8, 4) is 5.75 Å². The average Bonchev–Trinajstić information content (AvgIpc) is 3.13. The standard InChI is InChI=1S/C27H25ClN2O4/c1-18-6-10-22(11-7-18)30-25(31)17-24(27(30)33)29(15-14-19-4-3-5-21(28)16-19)26(32)20-8-12-23(34-2)13-9-20/h3-13,16,24H,14-15,17H2,1-2H3. The highest BCUT2D eigenvalue weighted by Crippen LogP contribution is 2.28. The number of benzene rings is 3. The highest BCUT2D eigenvalue weighted by Gasteiger charge is 2.44. The third kappa shape index (κ3) is 4.97. The largest absolute Gasteiger partial charge is 0.497 e. The molecule has 1 heterocycles. The predicted octanol–water partition coefficient (Wildman–Crippen LogP) is 4.67. The second kappa shape index (κ2) is 10.1. The van der Waals surface area contributed by atoms with Gasteiger partial charge in [0.05, 0.1) is 19.2 Å². The van der Waals surface area contributed by atoms with Crippen LogP contribution in [0, 0.1) is 6.92 Å². The first kappa shape index (κ1) is 23.5. The van der Waals surface area contributed by atoms with Gasteiger partial charge in [0.15, 0.2) is 0 Å². The lowest BCUT2D eigenvalue weighted by Crippen LogP contribution is -2.46. The number of hydrogen-bond donors (Lipinski definition) is 0. The van der Waals surface area contributed by atoms with Gasteiger partial charge in [-0.05, 0) is 67.4 Å². The lowest BCUT2D eigenvalue weighted by Gasteiger charge is -2.28. The normalized spacial score (nSPS) is 15.5. The number of amides is 3. The Morgan fingerprint density at radius 1 is 1.06 bits per heavy atom. The summed E-state index contributed by atoms with van der Waals surface area (Å²) in [5.74, 6) is -0.419. The van der Waals surface area contributed by atoms with Crippen LogP contribution in [-0.2, 0) is 16.0 Å². The van der Waals surface area contributed by atoms with Crippen molar-refractivity contribution in [2.75, 3.05) is 18.6 Å². The van der Waals surface area contributed by atoms with Crippen LogP contribution in [0.1, 0.15) is 27.9 Å². The fraction of sp³-hybridized carbons (Fsp3) is 0.222. The molecule has 4 rings (SSSR count). The Kier molecular flexibility index (Phi) is 6.98. The van der Waals surface area contributed by atoms with Crippen molar-refractivity contribution in [1.82, 2.24) is 4.90 Å². The van der Waals surface area contributed by atoms with E-state index in [0.717, 1.165) is 11.1 Å². The molecule has 3 aromatic carbocycles. The SMILES string of the molecule is COc1ccc(C(=O)N(CCc2cccc(Cl)c2)C2CC(=O)N(c3ccc(C)cc3)C2=O)cc1. The topological polar surface area (TPSA) is 66.9 Å². The summed E-state index contributed by atoms with van der Waals surface area (Å²) in [6.45, 7) is 2.20. The van der Waals surface area contributed by atoms with Crippen LogP contribution in [-0.4, -0.2) is 42.3 Å². The number of nitrogens with zero attached hydrogens (tertiary/aromatic N) is 2. The van der Waals surface area contributed by atoms with Gasteiger partial charge in [-0.2, -0.15) is 0 Å². The number of methoxy groups -OCH3 is 1. The van der Waals surface area contributed by atoms with E-state index in [9.17, 15) is 14.4 Å². The molecule has 1 atom stereocenters. The smallest absolute Gasteiger partial charge is 0.257 e. The Morgan fingerprint density at radius 3 is 2.41 bits per heavy atom. The third-order valence-corrected chi connectivity index (χ3v) is 6.15. The summed E-state index contributed by atoms with van der Waals surface area (Å²) >= 11 is 6.12. The Morgan fingerprint density at radius 2 is 1.76 bits per heavy atom. The van der Waals surface area contributed by atoms with Gasteiger partial charge in [-0.1, -0.05) is 41.4 Å². The van der Waals surface area contributed by atoms with Crippen LogP contribution in [0.15, 0.2) is 72.8 Å². The summed E-state index contributed by atoms with van der Waals surface area (Å²) in [6.07, 6.45) is 0.426. The number of carbonyl (C=O) groups is 3. The first-order valence-corrected chi connectivity index (χ1v) is 11.4. The Hall–Kier alpha value is -3.64. The van der Waals surface area contributed by atoms with Crippen LogP contribution in [0.2, 0.25) is 5.02 Å². The molecule has 0 radical (unpaired) electrons. The molecule has 0 spiro atoms. The lowest BCUT2D eigenvalue weighted by atomic mass is 10.1. The minimum Gasteiger partial charge on any atom is -0.497 e. The molecule has 1 aliphatic rings. The van der Waals surface area contributed by atoms with E-state index >= 15 is 0 Å². The highest BCUT2D eigenvalue weighted by atomic mass is 35.5. The monoisotopic (exact) mass is 476 g/mol. The predicted molar refractivity (Wildman–Crippen MR) is 131 cm³/mol. The van der Waals surface area contributed by atoms with Crippen LogP contribution in [0.3, 0.4) is 0 Å². The Balaban J connectivity index is 1.63. The molecule has 3 amide bonds. The van der Waals surface area contributed by atoms with E-state index in [1.54, 1.807) is 49.6 Å². The summed E-state index contributed by atoms with van der Waals surface area (Å²) < 4.78 is 5.19. The molecule has 1 fully saturated rings. The van der Waals surface area contributed by atoms with E-state index < -0.39 is 11.9 Å². The van der Waals surface area contributed by atoms with Gasteiger partial charge < -0.3 is 9.64 Å². The zero-order valence-corrected chi connectivity index (χ0v) is 19.8. The van der Waals surface area contributed by atoms with Crippen molar-refractivity contribution in [1.29, 1.82) is 0 Å². The van der Waals surface area contributed by atoms with Gasteiger partial charge in [0, 0.05) is 17.1 Å². The molecule has 34 heavy (non-hydrogen) atoms. The quantitative estimate of drug-likeness (QED) is 0.464. The number of anilines is 1. The maximum Gasteiger partial charge on any atom is 0.257 e. The number of aryl methyl sites for hydroxylation is 1. The highest BCUT2D eigenvalue weighted by molar-refractivity contribution is 6.30. The molecule has 1 saturated heterocycles. The molecule has 6 nitrogen and oxygen atoms in total. The van der Waals surface area contributed by atoms with Crippen molar-refractivity contribution >= 4 is 35.0 Å². The molecule has 1 unspecified atom stereocenters. The minimum atomic E-state index is -0.886. The van der Waals surface area contributed by atoms with Crippen LogP contribution in [0.4, 0.5) is 5.69 Å². The van der Waals surface area contributed by atoms with E-state index in [2.05, 4.69) is 0 Å². The van der Waals surface area contributed by atoms with Crippen LogP contribution in [0.5, 0.6) is 5.75 Å². The summed E-state index contributed by atoms with van der Waals surface area (Å²) in [6, 6.07) is 20.4. The minimum absolute atomic E-state index is 0.0653. The maximum atomic E-state index is 13.5. The van der Waals surface area contributed by atoms with Crippen molar-refractivity contribution in [2.45, 2.75) is 25.8 Å². The van der Waals surface area contributed by atoms with E-state index in [0.29, 0.717) is 28.4 Å². The summed E-state index contributed by atoms with van der Waals surface area (Å²) in [5.41, 5.74) is 2.89. The Labute approximate surface area is 203 Å². The number of ether oxygens (including phenoxy) is 1. The van der Waals surface area contributed by atoms with Gasteiger partial charge in [0.25, 0.3) is 11.8 Å². The number of halogens is 1. The van der Waals surface area contributed by atoms with Gasteiger partial charge in [0.2, 0.25) is 5.91 Å². The molecule has 174 valence electrons. The molecule has 0 saturated carbocycles. The molecule has 1 aliphatic heterocycles. The molecule has 7 heteroatoms. The van der Waals surface area contributed by atoms with Crippen LogP contribution < -0.4 is 9.64 Å². The summed E-state index contributed by atoms with van der Waals surface area (Å²) in [4.78, 5) is 42.5. The first-order chi connectivity index (χ1) is 16.4. The lowest BCUT2D eigenvalue weighted by molar-refractivity contribution is -0.122. The summed E-state index contributed by atoms with van der Waals surface area (Å²) in [5, 5.41) is 0.600. The molecule has 3 aromatic rings. The maximum absolute atomic E-state index is 13.5. The fourth-order valence-electron chi connectivity index (χ4n) is 4.06. The van der Waals surface area contributed by atoms with E-state index in [-0.39, 0.29) is 24.8 Å². The zero-order chi connectivity index (χ0) is 24.2. The average molecular weight is 477 g/mol. The van der Waals surface area contributed by atoms with Crippen molar-refractivity contribution in [2.24, 2.45) is 0 Å². The zero-order valence-electron chi connectivity index (χ0n) is 19.0. The number of imide groups is 1. The van der Waals surface area contributed by atoms with Gasteiger partial charge in [0.1, 0.15) is 11.8 Å². The number of carbonyl (C=O) groups excluding carboxylic acids is 3. The summed E-state index contributed by atoms with van der Waals surface area (Å²) in [7, 11) is 1.55. The van der Waals surface area contributed by atoms with Gasteiger partial charge in [-0.25, -0.2) is 4.90 Å². The molecule has 0 aliphatic carbocycles. The second-order valence-electron chi connectivity index (χ2n) is 8.23. The first-order valence-electron chi connectivity index (χ1n) is 11.0. The molecular weight excluding hydrogens is 452 g/mol. The molecule has 0 N–H and O–H groups in total. The number of hydrogen-bond acceptors (Lipinski definition) is 4. The molecule has 0 bridgehead atoms. The van der Waals surface area contributed by atoms with Gasteiger partial charge >= 0.3 is 0 Å². The van der Waals surface area contributed by atoms with Crippen molar-refractivity contribution < 1.29 is 19.1 Å². The van der Waals surface area contributed by atoms with Gasteiger partial charge in [-0.15, -0.1) is 0 Å². The Bertz CT molecular complexity index is 1210. The second-order valence-corrected chi connectivity index (χ2v) is 8.67. The molecular formula is C27H25ClN2O4. The van der Waals surface area contributed by atoms with Crippen LogP contribution in [0.25, 0.3) is 0 Å².